The molecule has 0 aliphatic heterocycles. The monoisotopic (exact) mass is 590 g/mol. The van der Waals surface area contributed by atoms with Crippen LogP contribution in [0.5, 0.6) is 0 Å². The Morgan fingerprint density at radius 1 is 0.579 bits per heavy atom. The van der Waals surface area contributed by atoms with Gasteiger partial charge in [-0.3, -0.25) is 0 Å². The Morgan fingerprint density at radius 3 is 1.29 bits per heavy atom. The Kier molecular flexibility index (Phi) is 13.3. The predicted octanol–water partition coefficient (Wildman–Crippen LogP) is 4.12. The summed E-state index contributed by atoms with van der Waals surface area (Å²) in [6.07, 6.45) is 4.92. The van der Waals surface area contributed by atoms with Gasteiger partial charge in [0.25, 0.3) is 0 Å². The Morgan fingerprint density at radius 2 is 0.921 bits per heavy atom. The maximum absolute atomic E-state index is 2.35. The number of rotatable bonds is 4. The van der Waals surface area contributed by atoms with Crippen LogP contribution in [0.2, 0.25) is 13.1 Å². The molecule has 0 fully saturated rings. The van der Waals surface area contributed by atoms with Crippen LogP contribution in [0.1, 0.15) is 37.8 Å². The van der Waals surface area contributed by atoms with E-state index in [9.17, 15) is 0 Å². The van der Waals surface area contributed by atoms with Gasteiger partial charge in [-0.25, -0.2) is 0 Å². The molecular formula is C34H36Cl2SiTi-2. The van der Waals surface area contributed by atoms with Gasteiger partial charge in [0.1, 0.15) is 0 Å². The van der Waals surface area contributed by atoms with Crippen LogP contribution in [0.25, 0.3) is 43.1 Å². The van der Waals surface area contributed by atoms with E-state index in [0.29, 0.717) is 0 Å². The molecule has 0 aliphatic rings. The predicted molar refractivity (Wildman–Crippen MR) is 160 cm³/mol. The molecule has 38 heavy (non-hydrogen) atoms. The van der Waals surface area contributed by atoms with E-state index in [1.165, 1.54) is 79.9 Å². The van der Waals surface area contributed by atoms with Gasteiger partial charge < -0.3 is 24.8 Å². The quantitative estimate of drug-likeness (QED) is 0.214. The number of benzene rings is 4. The van der Waals surface area contributed by atoms with Gasteiger partial charge in [-0.2, -0.15) is 12.1 Å². The first kappa shape index (κ1) is 32.3. The summed E-state index contributed by atoms with van der Waals surface area (Å²) in [6, 6.07) is 35.5. The minimum absolute atomic E-state index is 0. The normalized spacial score (nSPS) is 10.3. The van der Waals surface area contributed by atoms with Crippen LogP contribution >= 0.6 is 0 Å². The van der Waals surface area contributed by atoms with E-state index in [1.807, 2.05) is 0 Å². The van der Waals surface area contributed by atoms with Crippen LogP contribution in [-0.2, 0) is 32.0 Å². The van der Waals surface area contributed by atoms with E-state index in [-0.39, 0.29) is 31.0 Å². The van der Waals surface area contributed by atoms with E-state index >= 15 is 0 Å². The summed E-state index contributed by atoms with van der Waals surface area (Å²) in [5.41, 5.74) is 2.93. The van der Waals surface area contributed by atoms with Crippen molar-refractivity contribution in [3.8, 4) is 0 Å². The molecule has 0 bridgehead atoms. The molecule has 0 atom stereocenters. The van der Waals surface area contributed by atoms with E-state index in [0.717, 1.165) is 0 Å². The molecule has 196 valence electrons. The molecule has 0 radical (unpaired) electrons. The van der Waals surface area contributed by atoms with Crippen molar-refractivity contribution in [2.75, 3.05) is 0 Å². The van der Waals surface area contributed by atoms with Crippen molar-refractivity contribution in [1.82, 2.24) is 0 Å². The van der Waals surface area contributed by atoms with Gasteiger partial charge in [-0.05, 0) is 12.8 Å². The Balaban J connectivity index is 0.000000224. The van der Waals surface area contributed by atoms with Crippen LogP contribution in [-0.4, -0.2) is 6.19 Å². The third-order valence-corrected chi connectivity index (χ3v) is 6.43. The van der Waals surface area contributed by atoms with Gasteiger partial charge in [0, 0.05) is 0 Å². The second-order valence-corrected chi connectivity index (χ2v) is 16.5. The molecule has 0 aromatic heterocycles. The molecule has 6 rings (SSSR count). The van der Waals surface area contributed by atoms with Gasteiger partial charge in [0.05, 0.1) is 0 Å². The van der Waals surface area contributed by atoms with Crippen LogP contribution in [0.3, 0.4) is 0 Å². The molecule has 0 amide bonds. The summed E-state index contributed by atoms with van der Waals surface area (Å²) in [7, 11) is 0. The molecule has 0 unspecified atom stereocenters. The van der Waals surface area contributed by atoms with Gasteiger partial charge in [0.15, 0.2) is 0 Å². The molecule has 0 saturated carbocycles. The maximum Gasteiger partial charge on any atom is -1.00 e. The van der Waals surface area contributed by atoms with Crippen molar-refractivity contribution in [3.63, 3.8) is 0 Å². The maximum atomic E-state index is 2.35. The van der Waals surface area contributed by atoms with Crippen molar-refractivity contribution in [1.29, 1.82) is 0 Å². The topological polar surface area (TPSA) is 0 Å². The largest absolute Gasteiger partial charge is 1.00 e. The van der Waals surface area contributed by atoms with Gasteiger partial charge in [-0.15, -0.1) is 56.9 Å². The second-order valence-electron chi connectivity index (χ2n) is 9.81. The zero-order valence-corrected chi connectivity index (χ0v) is 26.9. The van der Waals surface area contributed by atoms with E-state index in [1.54, 1.807) is 0 Å². The number of halogens is 2. The second kappa shape index (κ2) is 15.7. The summed E-state index contributed by atoms with van der Waals surface area (Å²) in [5.74, 6) is 0. The number of fused-ring (bicyclic) bond motifs is 6. The third kappa shape index (κ3) is 8.07. The first-order chi connectivity index (χ1) is 17.5. The SMILES string of the molecule is CCCc1cc2ccc3ccccc3c2[cH-]1.CCCc1cc2ccc3ccccc3c2[cH-]1.C[Si](C)=[Ti+2].[Cl-].[Cl-]. The number of hydrogen-bond acceptors (Lipinski definition) is 0. The van der Waals surface area contributed by atoms with Crippen molar-refractivity contribution >= 4 is 49.3 Å². The fraction of sp³-hybridized carbons (Fsp3) is 0.235. The van der Waals surface area contributed by atoms with Crippen LogP contribution < -0.4 is 24.8 Å². The molecule has 0 nitrogen and oxygen atoms in total. The van der Waals surface area contributed by atoms with Crippen LogP contribution in [0.15, 0.2) is 97.1 Å². The summed E-state index contributed by atoms with van der Waals surface area (Å²) in [6.45, 7) is 9.00. The fourth-order valence-electron chi connectivity index (χ4n) is 4.92. The molecule has 0 heterocycles. The molecule has 6 aromatic carbocycles. The number of hydrogen-bond donors (Lipinski definition) is 0. The van der Waals surface area contributed by atoms with Crippen molar-refractivity contribution < 1.29 is 44.0 Å². The van der Waals surface area contributed by atoms with Crippen molar-refractivity contribution in [2.45, 2.75) is 52.6 Å². The fourth-order valence-corrected chi connectivity index (χ4v) is 4.92. The average molecular weight is 592 g/mol. The van der Waals surface area contributed by atoms with E-state index in [2.05, 4.69) is 143 Å². The molecule has 0 aliphatic carbocycles. The number of aryl methyl sites for hydroxylation is 2. The summed E-state index contributed by atoms with van der Waals surface area (Å²) < 4.78 is 0. The van der Waals surface area contributed by atoms with Crippen molar-refractivity contribution in [2.24, 2.45) is 0 Å². The van der Waals surface area contributed by atoms with Crippen LogP contribution in [0, 0.1) is 0 Å². The molecule has 6 aromatic rings. The Bertz CT molecular complexity index is 1490. The van der Waals surface area contributed by atoms with Gasteiger partial charge in [0.2, 0.25) is 0 Å². The Hall–Kier alpha value is -1.87. The molecule has 0 spiro atoms. The summed E-state index contributed by atoms with van der Waals surface area (Å²) in [4.78, 5) is 0. The van der Waals surface area contributed by atoms with Crippen molar-refractivity contribution in [3.05, 3.63) is 108 Å². The molecule has 4 heteroatoms. The molecule has 0 N–H and O–H groups in total. The van der Waals surface area contributed by atoms with Gasteiger partial charge in [-0.1, -0.05) is 109 Å². The zero-order chi connectivity index (χ0) is 25.5. The first-order valence-electron chi connectivity index (χ1n) is 13.2. The smallest absolute Gasteiger partial charge is 1.00 e. The standard InChI is InChI=1S/2C16H15.C2H6Si.2ClH.Ti/c2*1-2-5-12-10-14-9-8-13-6-3-4-7-15(13)16(14)11-12;1-3-2;;;/h2*3-4,6-11H,2,5H2,1H3;1-2H3;2*1H;/q2*-1;;;;+2/p-2. The third-order valence-electron chi connectivity index (χ3n) is 6.43. The zero-order valence-electron chi connectivity index (χ0n) is 22.8. The van der Waals surface area contributed by atoms with E-state index < -0.39 is 0 Å². The molecule has 0 saturated heterocycles. The molecular weight excluding hydrogens is 555 g/mol. The van der Waals surface area contributed by atoms with Crippen LogP contribution in [0.4, 0.5) is 0 Å². The Labute approximate surface area is 252 Å². The van der Waals surface area contributed by atoms with E-state index in [4.69, 9.17) is 0 Å². The van der Waals surface area contributed by atoms with Gasteiger partial charge >= 0.3 is 38.5 Å². The first-order valence-corrected chi connectivity index (χ1v) is 18.0. The summed E-state index contributed by atoms with van der Waals surface area (Å²) >= 11 is 2.27. The summed E-state index contributed by atoms with van der Waals surface area (Å²) in [5, 5.41) is 11.0. The average Bonchev–Trinajstić information content (AvgIpc) is 3.48. The minimum atomic E-state index is 0. The minimum Gasteiger partial charge on any atom is -1.00 e.